The molecule has 9 heteroatoms. The molecule has 0 aromatic heterocycles. The summed E-state index contributed by atoms with van der Waals surface area (Å²) in [7, 11) is 0. The average Bonchev–Trinajstić information content (AvgIpc) is 2.62. The maximum absolute atomic E-state index is 12.1. The summed E-state index contributed by atoms with van der Waals surface area (Å²) in [5.41, 5.74) is 0.507. The molecule has 1 heterocycles. The fraction of sp³-hybridized carbons (Fsp3) is 0.429. The zero-order valence-corrected chi connectivity index (χ0v) is 11.9. The van der Waals surface area contributed by atoms with Crippen LogP contribution in [-0.2, 0) is 11.2 Å². The van der Waals surface area contributed by atoms with E-state index < -0.39 is 24.4 Å². The van der Waals surface area contributed by atoms with Gasteiger partial charge in [0.15, 0.2) is 0 Å². The lowest BCUT2D eigenvalue weighted by Crippen LogP contribution is -2.52. The van der Waals surface area contributed by atoms with Gasteiger partial charge in [0.05, 0.1) is 0 Å². The first kappa shape index (κ1) is 16.9. The molecule has 1 unspecified atom stereocenters. The summed E-state index contributed by atoms with van der Waals surface area (Å²) in [6.07, 6.45) is -5.74. The van der Waals surface area contributed by atoms with Gasteiger partial charge >= 0.3 is 6.36 Å². The third kappa shape index (κ3) is 4.76. The first-order valence-electron chi connectivity index (χ1n) is 6.86. The average molecular weight is 331 g/mol. The molecule has 126 valence electrons. The Bertz CT molecular complexity index is 574. The normalized spacial score (nSPS) is 19.0. The highest BCUT2D eigenvalue weighted by molar-refractivity contribution is 5.85. The van der Waals surface area contributed by atoms with E-state index in [1.807, 2.05) is 0 Å². The lowest BCUT2D eigenvalue weighted by molar-refractivity contribution is -0.274. The van der Waals surface area contributed by atoms with Crippen LogP contribution in [0.5, 0.6) is 5.75 Å². The number of carbonyl (C=O) groups is 2. The molecular weight excluding hydrogens is 317 g/mol. The van der Waals surface area contributed by atoms with Crippen LogP contribution in [-0.4, -0.2) is 42.4 Å². The third-order valence-electron chi connectivity index (χ3n) is 3.37. The summed E-state index contributed by atoms with van der Waals surface area (Å²) in [4.78, 5) is 24.1. The van der Waals surface area contributed by atoms with E-state index in [9.17, 15) is 27.9 Å². The van der Waals surface area contributed by atoms with Crippen molar-refractivity contribution in [2.75, 3.05) is 13.1 Å². The molecule has 1 aliphatic heterocycles. The summed E-state index contributed by atoms with van der Waals surface area (Å²) in [6.45, 7) is 0.512. The van der Waals surface area contributed by atoms with Crippen molar-refractivity contribution in [3.8, 4) is 5.75 Å². The molecule has 1 saturated heterocycles. The number of nitrogens with zero attached hydrogens (tertiary/aromatic N) is 1. The predicted octanol–water partition coefficient (Wildman–Crippen LogP) is 0.661. The van der Waals surface area contributed by atoms with Gasteiger partial charge in [0.25, 0.3) is 0 Å². The highest BCUT2D eigenvalue weighted by Gasteiger charge is 2.31. The topological polar surface area (TPSA) is 81.7 Å². The monoisotopic (exact) mass is 331 g/mol. The van der Waals surface area contributed by atoms with Gasteiger partial charge in [-0.3, -0.25) is 4.79 Å². The quantitative estimate of drug-likeness (QED) is 0.882. The molecule has 2 rings (SSSR count). The van der Waals surface area contributed by atoms with Crippen LogP contribution >= 0.6 is 0 Å². The molecule has 2 amide bonds. The molecule has 0 aliphatic carbocycles. The summed E-state index contributed by atoms with van der Waals surface area (Å²) in [5.74, 6) is -0.842. The van der Waals surface area contributed by atoms with E-state index in [0.29, 0.717) is 18.5 Å². The number of carbonyl (C=O) groups excluding carboxylic acids is 2. The Morgan fingerprint density at radius 3 is 2.57 bits per heavy atom. The molecule has 0 radical (unpaired) electrons. The maximum Gasteiger partial charge on any atom is 0.573 e. The van der Waals surface area contributed by atoms with Gasteiger partial charge in [-0.1, -0.05) is 12.1 Å². The van der Waals surface area contributed by atoms with Gasteiger partial charge in [-0.05, 0) is 24.1 Å². The number of hydrogen-bond donors (Lipinski definition) is 1. The minimum Gasteiger partial charge on any atom is -0.530 e. The van der Waals surface area contributed by atoms with Crippen molar-refractivity contribution in [3.05, 3.63) is 29.8 Å². The Morgan fingerprint density at radius 1 is 1.35 bits per heavy atom. The molecule has 6 nitrogen and oxygen atoms in total. The van der Waals surface area contributed by atoms with Crippen LogP contribution in [0, 0.1) is 0 Å². The van der Waals surface area contributed by atoms with Gasteiger partial charge in [-0.25, -0.2) is 0 Å². The Labute approximate surface area is 129 Å². The number of benzene rings is 1. The molecule has 0 spiro atoms. The Balaban J connectivity index is 2.12. The zero-order valence-electron chi connectivity index (χ0n) is 11.9. The lowest BCUT2D eigenvalue weighted by Gasteiger charge is -2.30. The second-order valence-electron chi connectivity index (χ2n) is 5.02. The molecule has 1 atom stereocenters. The van der Waals surface area contributed by atoms with Gasteiger partial charge < -0.3 is 24.9 Å². The van der Waals surface area contributed by atoms with Crippen molar-refractivity contribution in [2.24, 2.45) is 0 Å². The second-order valence-corrected chi connectivity index (χ2v) is 5.02. The maximum atomic E-state index is 12.1. The van der Waals surface area contributed by atoms with Crippen molar-refractivity contribution >= 4 is 12.0 Å². The number of hydrogen-bond acceptors (Lipinski definition) is 4. The zero-order chi connectivity index (χ0) is 17.0. The summed E-state index contributed by atoms with van der Waals surface area (Å²) < 4.78 is 40.0. The smallest absolute Gasteiger partial charge is 0.530 e. The Hall–Kier alpha value is -2.45. The van der Waals surface area contributed by atoms with Crippen molar-refractivity contribution in [2.45, 2.75) is 25.2 Å². The van der Waals surface area contributed by atoms with Crippen molar-refractivity contribution in [1.82, 2.24) is 10.2 Å². The molecule has 1 fully saturated rings. The Morgan fingerprint density at radius 2 is 2.00 bits per heavy atom. The molecule has 1 aromatic carbocycles. The SMILES string of the molecule is O=C1NCCCN(C(=O)[O-])C1Cc1ccc(OC(F)(F)F)cc1. The van der Waals surface area contributed by atoms with Crippen LogP contribution in [0.2, 0.25) is 0 Å². The van der Waals surface area contributed by atoms with E-state index in [2.05, 4.69) is 10.1 Å². The van der Waals surface area contributed by atoms with E-state index in [1.54, 1.807) is 0 Å². The summed E-state index contributed by atoms with van der Waals surface area (Å²) >= 11 is 0. The standard InChI is InChI=1S/C14H15F3N2O4/c15-14(16,17)23-10-4-2-9(3-5-10)8-11-12(20)18-6-1-7-19(11)13(21)22/h2-5,11H,1,6-8H2,(H,18,20)(H,21,22)/p-1. The van der Waals surface area contributed by atoms with Crippen LogP contribution < -0.4 is 15.2 Å². The lowest BCUT2D eigenvalue weighted by atomic mass is 10.0. The minimum absolute atomic E-state index is 0.0338. The molecule has 0 saturated carbocycles. The van der Waals surface area contributed by atoms with E-state index in [0.717, 1.165) is 17.0 Å². The fourth-order valence-electron chi connectivity index (χ4n) is 2.35. The van der Waals surface area contributed by atoms with Gasteiger partial charge in [0.1, 0.15) is 17.9 Å². The number of nitrogens with one attached hydrogen (secondary N) is 1. The molecule has 0 bridgehead atoms. The van der Waals surface area contributed by atoms with Crippen molar-refractivity contribution < 1.29 is 32.6 Å². The largest absolute Gasteiger partial charge is 0.573 e. The van der Waals surface area contributed by atoms with E-state index in [4.69, 9.17) is 0 Å². The highest BCUT2D eigenvalue weighted by atomic mass is 19.4. The number of amides is 2. The van der Waals surface area contributed by atoms with Gasteiger partial charge in [0, 0.05) is 19.5 Å². The first-order valence-corrected chi connectivity index (χ1v) is 6.86. The third-order valence-corrected chi connectivity index (χ3v) is 3.37. The second kappa shape index (κ2) is 6.76. The number of ether oxygens (including phenoxy) is 1. The predicted molar refractivity (Wildman–Crippen MR) is 70.3 cm³/mol. The van der Waals surface area contributed by atoms with Gasteiger partial charge in [-0.2, -0.15) is 0 Å². The molecular formula is C14H14F3N2O4-. The molecule has 1 aromatic rings. The van der Waals surface area contributed by atoms with Gasteiger partial charge in [-0.15, -0.1) is 13.2 Å². The van der Waals surface area contributed by atoms with Crippen LogP contribution in [0.1, 0.15) is 12.0 Å². The van der Waals surface area contributed by atoms with E-state index >= 15 is 0 Å². The van der Waals surface area contributed by atoms with Crippen molar-refractivity contribution in [1.29, 1.82) is 0 Å². The van der Waals surface area contributed by atoms with E-state index in [-0.39, 0.29) is 18.7 Å². The van der Waals surface area contributed by atoms with Crippen LogP contribution in [0.3, 0.4) is 0 Å². The molecule has 23 heavy (non-hydrogen) atoms. The number of carboxylic acid groups (broad SMARTS) is 1. The first-order chi connectivity index (χ1) is 10.8. The number of halogens is 3. The fourth-order valence-corrected chi connectivity index (χ4v) is 2.35. The van der Waals surface area contributed by atoms with Crippen molar-refractivity contribution in [3.63, 3.8) is 0 Å². The number of alkyl halides is 3. The highest BCUT2D eigenvalue weighted by Crippen LogP contribution is 2.23. The van der Waals surface area contributed by atoms with Crippen LogP contribution in [0.25, 0.3) is 0 Å². The van der Waals surface area contributed by atoms with Gasteiger partial charge in [0.2, 0.25) is 5.91 Å². The summed E-state index contributed by atoms with van der Waals surface area (Å²) in [5, 5.41) is 13.8. The Kier molecular flexibility index (Phi) is 4.97. The minimum atomic E-state index is -4.78. The van der Waals surface area contributed by atoms with E-state index in [1.165, 1.54) is 12.1 Å². The van der Waals surface area contributed by atoms with Crippen LogP contribution in [0.15, 0.2) is 24.3 Å². The van der Waals surface area contributed by atoms with Crippen LogP contribution in [0.4, 0.5) is 18.0 Å². The molecule has 1 N–H and O–H groups in total. The molecule has 1 aliphatic rings. The summed E-state index contributed by atoms with van der Waals surface area (Å²) in [6, 6.07) is 3.96. The number of rotatable bonds is 3.